The van der Waals surface area contributed by atoms with Crippen molar-refractivity contribution in [2.45, 2.75) is 19.6 Å². The first-order valence-corrected chi connectivity index (χ1v) is 5.95. The Kier molecular flexibility index (Phi) is 9.44. The molecule has 0 amide bonds. The molecule has 0 aliphatic heterocycles. The molecule has 1 aromatic carbocycles. The number of nitrogens with zero attached hydrogens (tertiary/aromatic N) is 1. The van der Waals surface area contributed by atoms with Gasteiger partial charge in [0.25, 0.3) is 6.47 Å². The van der Waals surface area contributed by atoms with Gasteiger partial charge in [-0.05, 0) is 31.7 Å². The summed E-state index contributed by atoms with van der Waals surface area (Å²) in [6, 6.07) is 7.83. The molecule has 0 N–H and O–H groups in total. The highest BCUT2D eigenvalue weighted by molar-refractivity contribution is 5.36. The summed E-state index contributed by atoms with van der Waals surface area (Å²) in [4.78, 5) is 10.9. The Morgan fingerprint density at radius 3 is 2.21 bits per heavy atom. The smallest absolute Gasteiger partial charge is 0.292 e. The van der Waals surface area contributed by atoms with E-state index >= 15 is 0 Å². The van der Waals surface area contributed by atoms with E-state index in [1.54, 1.807) is 14.0 Å². The molecule has 1 aromatic rings. The van der Waals surface area contributed by atoms with E-state index in [0.29, 0.717) is 13.0 Å². The molecule has 108 valence electrons. The third kappa shape index (κ3) is 9.02. The molecule has 0 aromatic heterocycles. The van der Waals surface area contributed by atoms with Crippen LogP contribution in [0.25, 0.3) is 0 Å². The monoisotopic (exact) mass is 271 g/mol. The zero-order valence-corrected chi connectivity index (χ0v) is 11.9. The zero-order chi connectivity index (χ0) is 14.7. The number of hydrogen-bond donors (Lipinski definition) is 0. The zero-order valence-electron chi connectivity index (χ0n) is 11.9. The van der Waals surface area contributed by atoms with Gasteiger partial charge in [0.2, 0.25) is 0 Å². The standard InChI is InChI=1S/C12H18FNO.C2H4O2/c1-10(13)8-14(2)9-11-4-6-12(15-3)7-5-11;1-4-2-3/h4-7,10H,8-9H2,1-3H3;2H,1H3. The minimum Gasteiger partial charge on any atom is -0.497 e. The van der Waals surface area contributed by atoms with Crippen LogP contribution in [0, 0.1) is 0 Å². The van der Waals surface area contributed by atoms with Gasteiger partial charge in [0.1, 0.15) is 11.9 Å². The second kappa shape index (κ2) is 10.3. The Labute approximate surface area is 114 Å². The molecule has 1 rings (SSSR count). The molecule has 0 heterocycles. The third-order valence-corrected chi connectivity index (χ3v) is 2.27. The predicted molar refractivity (Wildman–Crippen MR) is 73.0 cm³/mol. The van der Waals surface area contributed by atoms with Gasteiger partial charge in [-0.15, -0.1) is 0 Å². The van der Waals surface area contributed by atoms with Crippen molar-refractivity contribution in [3.8, 4) is 5.75 Å². The molecule has 0 saturated carbocycles. The number of carbonyl (C=O) groups excluding carboxylic acids is 1. The summed E-state index contributed by atoms with van der Waals surface area (Å²) in [7, 11) is 4.87. The van der Waals surface area contributed by atoms with Crippen LogP contribution < -0.4 is 4.74 Å². The number of benzene rings is 1. The van der Waals surface area contributed by atoms with Gasteiger partial charge in [-0.25, -0.2) is 4.39 Å². The Morgan fingerprint density at radius 1 is 1.32 bits per heavy atom. The van der Waals surface area contributed by atoms with E-state index in [2.05, 4.69) is 4.74 Å². The van der Waals surface area contributed by atoms with Gasteiger partial charge in [0.05, 0.1) is 14.2 Å². The molecule has 0 radical (unpaired) electrons. The van der Waals surface area contributed by atoms with Crippen LogP contribution in [0.5, 0.6) is 5.75 Å². The van der Waals surface area contributed by atoms with Crippen LogP contribution in [0.3, 0.4) is 0 Å². The molecule has 4 nitrogen and oxygen atoms in total. The van der Waals surface area contributed by atoms with E-state index < -0.39 is 6.17 Å². The summed E-state index contributed by atoms with van der Waals surface area (Å²) >= 11 is 0. The van der Waals surface area contributed by atoms with Gasteiger partial charge in [-0.1, -0.05) is 12.1 Å². The van der Waals surface area contributed by atoms with Crippen LogP contribution in [0.1, 0.15) is 12.5 Å². The first-order chi connectivity index (χ1) is 9.03. The summed E-state index contributed by atoms with van der Waals surface area (Å²) in [6.07, 6.45) is -0.784. The Bertz CT molecular complexity index is 341. The summed E-state index contributed by atoms with van der Waals surface area (Å²) in [6.45, 7) is 3.18. The van der Waals surface area contributed by atoms with Crippen molar-refractivity contribution >= 4 is 6.47 Å². The first-order valence-electron chi connectivity index (χ1n) is 5.95. The van der Waals surface area contributed by atoms with E-state index in [1.807, 2.05) is 36.2 Å². The molecule has 0 spiro atoms. The van der Waals surface area contributed by atoms with Crippen molar-refractivity contribution < 1.29 is 18.7 Å². The first kappa shape index (κ1) is 17.4. The predicted octanol–water partition coefficient (Wildman–Crippen LogP) is 2.27. The Balaban J connectivity index is 0.000000711. The van der Waals surface area contributed by atoms with Crippen LogP contribution in [0.15, 0.2) is 24.3 Å². The molecule has 0 fully saturated rings. The lowest BCUT2D eigenvalue weighted by Gasteiger charge is -2.17. The summed E-state index contributed by atoms with van der Waals surface area (Å²) in [5, 5.41) is 0. The number of methoxy groups -OCH3 is 2. The second-order valence-electron chi connectivity index (χ2n) is 4.16. The molecular formula is C14H22FNO3. The second-order valence-corrected chi connectivity index (χ2v) is 4.16. The highest BCUT2D eigenvalue weighted by atomic mass is 19.1. The van der Waals surface area contributed by atoms with Gasteiger partial charge in [0.15, 0.2) is 0 Å². The van der Waals surface area contributed by atoms with Crippen molar-refractivity contribution in [3.63, 3.8) is 0 Å². The molecule has 0 aliphatic carbocycles. The van der Waals surface area contributed by atoms with E-state index in [0.717, 1.165) is 12.3 Å². The lowest BCUT2D eigenvalue weighted by atomic mass is 10.2. The van der Waals surface area contributed by atoms with Gasteiger partial charge < -0.3 is 9.47 Å². The fraction of sp³-hybridized carbons (Fsp3) is 0.500. The highest BCUT2D eigenvalue weighted by Crippen LogP contribution is 2.12. The van der Waals surface area contributed by atoms with Crippen molar-refractivity contribution in [1.82, 2.24) is 4.90 Å². The number of carbonyl (C=O) groups is 1. The summed E-state index contributed by atoms with van der Waals surface area (Å²) in [5.41, 5.74) is 1.17. The lowest BCUT2D eigenvalue weighted by Crippen LogP contribution is -2.24. The van der Waals surface area contributed by atoms with Crippen molar-refractivity contribution in [2.24, 2.45) is 0 Å². The van der Waals surface area contributed by atoms with Crippen LogP contribution in [0.4, 0.5) is 4.39 Å². The minimum absolute atomic E-state index is 0.375. The molecule has 19 heavy (non-hydrogen) atoms. The third-order valence-electron chi connectivity index (χ3n) is 2.27. The quantitative estimate of drug-likeness (QED) is 0.744. The van der Waals surface area contributed by atoms with Gasteiger partial charge >= 0.3 is 0 Å². The maximum absolute atomic E-state index is 12.7. The van der Waals surface area contributed by atoms with Crippen LogP contribution >= 0.6 is 0 Å². The summed E-state index contributed by atoms with van der Waals surface area (Å²) < 4.78 is 21.6. The highest BCUT2D eigenvalue weighted by Gasteiger charge is 2.04. The molecule has 0 saturated heterocycles. The minimum atomic E-state index is -0.784. The normalized spacial score (nSPS) is 11.3. The molecule has 0 aliphatic rings. The maximum atomic E-state index is 12.7. The van der Waals surface area contributed by atoms with Crippen LogP contribution in [0.2, 0.25) is 0 Å². The van der Waals surface area contributed by atoms with Crippen molar-refractivity contribution in [2.75, 3.05) is 27.8 Å². The van der Waals surface area contributed by atoms with Gasteiger partial charge in [-0.3, -0.25) is 9.69 Å². The van der Waals surface area contributed by atoms with Gasteiger partial charge in [-0.2, -0.15) is 0 Å². The number of ether oxygens (including phenoxy) is 2. The van der Waals surface area contributed by atoms with E-state index in [-0.39, 0.29) is 0 Å². The largest absolute Gasteiger partial charge is 0.497 e. The fourth-order valence-corrected chi connectivity index (χ4v) is 1.54. The molecular weight excluding hydrogens is 249 g/mol. The van der Waals surface area contributed by atoms with Crippen LogP contribution in [-0.2, 0) is 16.1 Å². The molecule has 0 bridgehead atoms. The van der Waals surface area contributed by atoms with Crippen molar-refractivity contribution in [3.05, 3.63) is 29.8 Å². The molecule has 1 unspecified atom stereocenters. The van der Waals surface area contributed by atoms with E-state index in [9.17, 15) is 4.39 Å². The van der Waals surface area contributed by atoms with E-state index in [1.165, 1.54) is 12.7 Å². The van der Waals surface area contributed by atoms with Crippen LogP contribution in [-0.4, -0.2) is 45.4 Å². The fourth-order valence-electron chi connectivity index (χ4n) is 1.54. The lowest BCUT2D eigenvalue weighted by molar-refractivity contribution is -0.126. The number of rotatable bonds is 6. The topological polar surface area (TPSA) is 38.8 Å². The number of halogens is 1. The summed E-state index contributed by atoms with van der Waals surface area (Å²) in [5.74, 6) is 0.847. The number of hydrogen-bond acceptors (Lipinski definition) is 4. The molecule has 5 heteroatoms. The SMILES string of the molecule is COC=O.COc1ccc(CN(C)CC(C)F)cc1. The van der Waals surface area contributed by atoms with Gasteiger partial charge in [0, 0.05) is 13.1 Å². The number of alkyl halides is 1. The average molecular weight is 271 g/mol. The Hall–Kier alpha value is -1.62. The Morgan fingerprint density at radius 2 is 1.84 bits per heavy atom. The van der Waals surface area contributed by atoms with E-state index in [4.69, 9.17) is 9.53 Å². The molecule has 1 atom stereocenters. The van der Waals surface area contributed by atoms with Crippen molar-refractivity contribution in [1.29, 1.82) is 0 Å². The maximum Gasteiger partial charge on any atom is 0.292 e. The average Bonchev–Trinajstić information content (AvgIpc) is 2.39.